The van der Waals surface area contributed by atoms with Gasteiger partial charge in [-0.15, -0.1) is 0 Å². The summed E-state index contributed by atoms with van der Waals surface area (Å²) in [5.74, 6) is -2.65. The zero-order chi connectivity index (χ0) is 17.5. The highest BCUT2D eigenvalue weighted by molar-refractivity contribution is 5.89. The molecule has 0 bridgehead atoms. The summed E-state index contributed by atoms with van der Waals surface area (Å²) in [7, 11) is 0. The van der Waals surface area contributed by atoms with Crippen LogP contribution in [-0.2, 0) is 5.54 Å². The van der Waals surface area contributed by atoms with Crippen molar-refractivity contribution in [1.82, 2.24) is 24.7 Å². The van der Waals surface area contributed by atoms with E-state index in [9.17, 15) is 14.0 Å². The number of aromatic amines is 1. The van der Waals surface area contributed by atoms with E-state index in [0.29, 0.717) is 0 Å². The van der Waals surface area contributed by atoms with Crippen LogP contribution >= 0.6 is 0 Å². The van der Waals surface area contributed by atoms with Gasteiger partial charge in [-0.3, -0.25) is 4.68 Å². The predicted molar refractivity (Wildman–Crippen MR) is 86.7 cm³/mol. The molecule has 0 aromatic carbocycles. The Morgan fingerprint density at radius 2 is 2.04 bits per heavy atom. The lowest BCUT2D eigenvalue weighted by Gasteiger charge is -2.38. The van der Waals surface area contributed by atoms with Crippen molar-refractivity contribution in [3.63, 3.8) is 0 Å². The molecule has 0 amide bonds. The van der Waals surface area contributed by atoms with Crippen LogP contribution in [0.4, 0.5) is 8.78 Å². The Balaban J connectivity index is 1.72. The van der Waals surface area contributed by atoms with Crippen molar-refractivity contribution < 1.29 is 8.78 Å². The van der Waals surface area contributed by atoms with Gasteiger partial charge < -0.3 is 4.98 Å². The van der Waals surface area contributed by atoms with Crippen molar-refractivity contribution in [2.45, 2.75) is 43.6 Å². The normalized spacial score (nSPS) is 18.9. The average molecular weight is 342 g/mol. The summed E-state index contributed by atoms with van der Waals surface area (Å²) in [6, 6.07) is 4.03. The lowest BCUT2D eigenvalue weighted by molar-refractivity contribution is -0.0650. The molecule has 1 aliphatic rings. The number of nitriles is 1. The largest absolute Gasteiger partial charge is 0.346 e. The summed E-state index contributed by atoms with van der Waals surface area (Å²) in [4.78, 5) is 11.5. The molecule has 4 rings (SSSR count). The van der Waals surface area contributed by atoms with Crippen LogP contribution in [-0.4, -0.2) is 30.7 Å². The standard InChI is InChI=1S/C17H16F2N6/c18-17(19)4-2-16(3-5-17,6-7-20)25-10-12(9-24-25)14-13-1-8-21-15(13)23-11-22-14/h1,8-11H,2-6H2,(H,21,22,23). The molecule has 1 aliphatic carbocycles. The molecule has 3 aromatic heterocycles. The number of hydrogen-bond donors (Lipinski definition) is 1. The van der Waals surface area contributed by atoms with E-state index in [1.165, 1.54) is 6.33 Å². The third-order valence-electron chi connectivity index (χ3n) is 5.02. The molecule has 0 unspecified atom stereocenters. The molecule has 6 nitrogen and oxygen atoms in total. The second kappa shape index (κ2) is 5.62. The van der Waals surface area contributed by atoms with Gasteiger partial charge in [0.1, 0.15) is 12.0 Å². The number of hydrogen-bond acceptors (Lipinski definition) is 4. The number of H-pyrrole nitrogens is 1. The predicted octanol–water partition coefficient (Wildman–Crippen LogP) is 3.64. The summed E-state index contributed by atoms with van der Waals surface area (Å²) in [5, 5.41) is 14.5. The molecule has 1 N–H and O–H groups in total. The molecule has 0 atom stereocenters. The Morgan fingerprint density at radius 3 is 2.80 bits per heavy atom. The van der Waals surface area contributed by atoms with Gasteiger partial charge in [0.2, 0.25) is 5.92 Å². The van der Waals surface area contributed by atoms with Crippen LogP contribution in [0.5, 0.6) is 0 Å². The van der Waals surface area contributed by atoms with Gasteiger partial charge in [-0.2, -0.15) is 10.4 Å². The lowest BCUT2D eigenvalue weighted by atomic mass is 9.78. The van der Waals surface area contributed by atoms with E-state index >= 15 is 0 Å². The molecular formula is C17H16F2N6. The monoisotopic (exact) mass is 342 g/mol. The summed E-state index contributed by atoms with van der Waals surface area (Å²) < 4.78 is 28.8. The number of fused-ring (bicyclic) bond motifs is 1. The fraction of sp³-hybridized carbons (Fsp3) is 0.412. The highest BCUT2D eigenvalue weighted by Crippen LogP contribution is 2.44. The Labute approximate surface area is 142 Å². The number of nitrogens with zero attached hydrogens (tertiary/aromatic N) is 5. The molecule has 128 valence electrons. The van der Waals surface area contributed by atoms with E-state index in [1.54, 1.807) is 23.3 Å². The van der Waals surface area contributed by atoms with E-state index < -0.39 is 11.5 Å². The zero-order valence-corrected chi connectivity index (χ0v) is 13.4. The van der Waals surface area contributed by atoms with Crippen molar-refractivity contribution in [1.29, 1.82) is 5.26 Å². The van der Waals surface area contributed by atoms with Crippen molar-refractivity contribution in [3.8, 4) is 17.3 Å². The Hall–Kier alpha value is -2.82. The van der Waals surface area contributed by atoms with E-state index in [1.807, 2.05) is 6.07 Å². The Morgan fingerprint density at radius 1 is 1.24 bits per heavy atom. The van der Waals surface area contributed by atoms with Gasteiger partial charge in [-0.05, 0) is 18.9 Å². The first-order valence-corrected chi connectivity index (χ1v) is 8.11. The molecular weight excluding hydrogens is 326 g/mol. The Bertz CT molecular complexity index is 941. The van der Waals surface area contributed by atoms with Crippen molar-refractivity contribution >= 4 is 11.0 Å². The van der Waals surface area contributed by atoms with Gasteiger partial charge in [0.15, 0.2) is 0 Å². The minimum atomic E-state index is -2.65. The molecule has 1 saturated carbocycles. The van der Waals surface area contributed by atoms with Gasteiger partial charge in [0.25, 0.3) is 0 Å². The zero-order valence-electron chi connectivity index (χ0n) is 13.4. The van der Waals surface area contributed by atoms with Crippen LogP contribution in [0.15, 0.2) is 31.0 Å². The minimum Gasteiger partial charge on any atom is -0.346 e. The third-order valence-corrected chi connectivity index (χ3v) is 5.02. The smallest absolute Gasteiger partial charge is 0.248 e. The third kappa shape index (κ3) is 2.65. The topological polar surface area (TPSA) is 83.2 Å². The lowest BCUT2D eigenvalue weighted by Crippen LogP contribution is -2.41. The van der Waals surface area contributed by atoms with Gasteiger partial charge in [0, 0.05) is 36.2 Å². The van der Waals surface area contributed by atoms with Crippen LogP contribution in [0, 0.1) is 11.3 Å². The molecule has 8 heteroatoms. The maximum absolute atomic E-state index is 13.6. The number of alkyl halides is 2. The fourth-order valence-electron chi connectivity index (χ4n) is 3.52. The van der Waals surface area contributed by atoms with Crippen LogP contribution in [0.2, 0.25) is 0 Å². The summed E-state index contributed by atoms with van der Waals surface area (Å²) in [6.45, 7) is 0. The summed E-state index contributed by atoms with van der Waals surface area (Å²) in [6.07, 6.45) is 6.91. The molecule has 0 spiro atoms. The van der Waals surface area contributed by atoms with E-state index in [0.717, 1.165) is 22.3 Å². The van der Waals surface area contributed by atoms with Gasteiger partial charge in [-0.1, -0.05) is 0 Å². The summed E-state index contributed by atoms with van der Waals surface area (Å²) in [5.41, 5.74) is 1.55. The maximum Gasteiger partial charge on any atom is 0.248 e. The van der Waals surface area contributed by atoms with Gasteiger partial charge >= 0.3 is 0 Å². The molecule has 25 heavy (non-hydrogen) atoms. The number of nitrogens with one attached hydrogen (secondary N) is 1. The van der Waals surface area contributed by atoms with Gasteiger partial charge in [0.05, 0.1) is 29.9 Å². The molecule has 0 radical (unpaired) electrons. The molecule has 1 fully saturated rings. The maximum atomic E-state index is 13.6. The molecule has 3 heterocycles. The Kier molecular flexibility index (Phi) is 3.53. The van der Waals surface area contributed by atoms with Crippen molar-refractivity contribution in [3.05, 3.63) is 31.0 Å². The van der Waals surface area contributed by atoms with E-state index in [-0.39, 0.29) is 32.1 Å². The highest BCUT2D eigenvalue weighted by Gasteiger charge is 2.45. The number of halogens is 2. The molecule has 0 saturated heterocycles. The fourth-order valence-corrected chi connectivity index (χ4v) is 3.52. The SMILES string of the molecule is N#CCC1(n2cc(-c3ncnc4[nH]ccc34)cn2)CCC(F)(F)CC1. The summed E-state index contributed by atoms with van der Waals surface area (Å²) >= 11 is 0. The second-order valence-corrected chi connectivity index (χ2v) is 6.55. The van der Waals surface area contributed by atoms with E-state index in [2.05, 4.69) is 26.1 Å². The second-order valence-electron chi connectivity index (χ2n) is 6.55. The number of aromatic nitrogens is 5. The highest BCUT2D eigenvalue weighted by atomic mass is 19.3. The van der Waals surface area contributed by atoms with Crippen molar-refractivity contribution in [2.75, 3.05) is 0 Å². The van der Waals surface area contributed by atoms with E-state index in [4.69, 9.17) is 0 Å². The minimum absolute atomic E-state index is 0.160. The number of rotatable bonds is 3. The van der Waals surface area contributed by atoms with Crippen LogP contribution in [0.3, 0.4) is 0 Å². The van der Waals surface area contributed by atoms with Gasteiger partial charge in [-0.25, -0.2) is 18.7 Å². The van der Waals surface area contributed by atoms with Crippen LogP contribution < -0.4 is 0 Å². The average Bonchev–Trinajstić information content (AvgIpc) is 3.26. The first-order valence-electron chi connectivity index (χ1n) is 8.11. The quantitative estimate of drug-likeness (QED) is 0.788. The molecule has 0 aliphatic heterocycles. The first kappa shape index (κ1) is 15.7. The van der Waals surface area contributed by atoms with Crippen LogP contribution in [0.1, 0.15) is 32.1 Å². The van der Waals surface area contributed by atoms with Crippen LogP contribution in [0.25, 0.3) is 22.3 Å². The van der Waals surface area contributed by atoms with Crippen molar-refractivity contribution in [2.24, 2.45) is 0 Å². The first-order chi connectivity index (χ1) is 12.0. The molecule has 3 aromatic rings.